The number of hydrogen-bond acceptors (Lipinski definition) is 6. The SMILES string of the molecule is COC(=O)c1c(-c2cccc(C)c2)csc1NC(=O)C=Cc1ccc([N+](=O)[O-])cc1. The Hall–Kier alpha value is -3.78. The highest BCUT2D eigenvalue weighted by molar-refractivity contribution is 7.15. The highest BCUT2D eigenvalue weighted by Gasteiger charge is 2.22. The third-order valence-electron chi connectivity index (χ3n) is 4.28. The van der Waals surface area contributed by atoms with Crippen LogP contribution >= 0.6 is 11.3 Å². The third-order valence-corrected chi connectivity index (χ3v) is 5.17. The summed E-state index contributed by atoms with van der Waals surface area (Å²) in [5.41, 5.74) is 3.49. The van der Waals surface area contributed by atoms with E-state index in [9.17, 15) is 19.7 Å². The Morgan fingerprint density at radius 2 is 1.90 bits per heavy atom. The van der Waals surface area contributed by atoms with Crippen molar-refractivity contribution >= 4 is 40.0 Å². The van der Waals surface area contributed by atoms with E-state index in [2.05, 4.69) is 5.32 Å². The summed E-state index contributed by atoms with van der Waals surface area (Å²) in [5.74, 6) is -0.974. The molecule has 1 heterocycles. The quantitative estimate of drug-likeness (QED) is 0.259. The number of aryl methyl sites for hydroxylation is 1. The van der Waals surface area contributed by atoms with Crippen LogP contribution in [0.4, 0.5) is 10.7 Å². The van der Waals surface area contributed by atoms with E-state index in [1.54, 1.807) is 17.5 Å². The van der Waals surface area contributed by atoms with E-state index in [1.807, 2.05) is 31.2 Å². The molecule has 152 valence electrons. The molecular weight excluding hydrogens is 404 g/mol. The predicted molar refractivity (Wildman–Crippen MR) is 117 cm³/mol. The van der Waals surface area contributed by atoms with Crippen molar-refractivity contribution in [1.29, 1.82) is 0 Å². The van der Waals surface area contributed by atoms with Crippen LogP contribution < -0.4 is 5.32 Å². The van der Waals surface area contributed by atoms with Gasteiger partial charge in [-0.1, -0.05) is 29.8 Å². The molecule has 7 nitrogen and oxygen atoms in total. The number of nitro benzene ring substituents is 1. The van der Waals surface area contributed by atoms with Crippen LogP contribution in [0.15, 0.2) is 60.0 Å². The number of benzene rings is 2. The van der Waals surface area contributed by atoms with Gasteiger partial charge in [-0.15, -0.1) is 11.3 Å². The standard InChI is InChI=1S/C22H18N2O5S/c1-14-4-3-5-16(12-14)18-13-30-21(20(18)22(26)29-2)23-19(25)11-8-15-6-9-17(10-7-15)24(27)28/h3-13H,1-2H3,(H,23,25). The van der Waals surface area contributed by atoms with Crippen molar-refractivity contribution in [2.75, 3.05) is 12.4 Å². The largest absolute Gasteiger partial charge is 0.465 e. The Kier molecular flexibility index (Phi) is 6.38. The summed E-state index contributed by atoms with van der Waals surface area (Å²) in [6, 6.07) is 13.5. The summed E-state index contributed by atoms with van der Waals surface area (Å²) in [4.78, 5) is 35.0. The van der Waals surface area contributed by atoms with Crippen LogP contribution in [-0.4, -0.2) is 23.9 Å². The van der Waals surface area contributed by atoms with Gasteiger partial charge in [0, 0.05) is 29.2 Å². The predicted octanol–water partition coefficient (Wildman–Crippen LogP) is 5.07. The van der Waals surface area contributed by atoms with Gasteiger partial charge in [-0.3, -0.25) is 14.9 Å². The minimum Gasteiger partial charge on any atom is -0.465 e. The lowest BCUT2D eigenvalue weighted by molar-refractivity contribution is -0.384. The van der Waals surface area contributed by atoms with E-state index in [0.717, 1.165) is 11.1 Å². The second-order valence-electron chi connectivity index (χ2n) is 6.39. The van der Waals surface area contributed by atoms with Gasteiger partial charge in [0.25, 0.3) is 5.69 Å². The number of amides is 1. The monoisotopic (exact) mass is 422 g/mol. The minimum absolute atomic E-state index is 0.0263. The van der Waals surface area contributed by atoms with Gasteiger partial charge in [-0.2, -0.15) is 0 Å². The molecule has 8 heteroatoms. The molecule has 0 bridgehead atoms. The van der Waals surface area contributed by atoms with Gasteiger partial charge in [-0.25, -0.2) is 4.79 Å². The lowest BCUT2D eigenvalue weighted by atomic mass is 10.0. The van der Waals surface area contributed by atoms with Gasteiger partial charge in [0.1, 0.15) is 10.6 Å². The molecule has 0 unspecified atom stereocenters. The number of carbonyl (C=O) groups is 2. The number of non-ortho nitro benzene ring substituents is 1. The molecular formula is C22H18N2O5S. The average molecular weight is 422 g/mol. The number of carbonyl (C=O) groups excluding carboxylic acids is 2. The lowest BCUT2D eigenvalue weighted by Crippen LogP contribution is -2.11. The van der Waals surface area contributed by atoms with Crippen molar-refractivity contribution in [3.63, 3.8) is 0 Å². The van der Waals surface area contributed by atoms with Crippen molar-refractivity contribution in [2.45, 2.75) is 6.92 Å². The lowest BCUT2D eigenvalue weighted by Gasteiger charge is -2.07. The molecule has 0 saturated heterocycles. The highest BCUT2D eigenvalue weighted by atomic mass is 32.1. The third kappa shape index (κ3) is 4.79. The minimum atomic E-state index is -0.539. The summed E-state index contributed by atoms with van der Waals surface area (Å²) < 4.78 is 4.91. The molecule has 3 aromatic rings. The fourth-order valence-corrected chi connectivity index (χ4v) is 3.77. The maximum absolute atomic E-state index is 12.4. The normalized spacial score (nSPS) is 10.7. The second-order valence-corrected chi connectivity index (χ2v) is 7.27. The first kappa shape index (κ1) is 20.9. The maximum atomic E-state index is 12.4. The zero-order valence-corrected chi connectivity index (χ0v) is 17.1. The Balaban J connectivity index is 1.82. The molecule has 0 atom stereocenters. The molecule has 3 rings (SSSR count). The molecule has 1 amide bonds. The van der Waals surface area contributed by atoms with E-state index < -0.39 is 16.8 Å². The van der Waals surface area contributed by atoms with Crippen LogP contribution in [0.1, 0.15) is 21.5 Å². The van der Waals surface area contributed by atoms with Gasteiger partial charge in [0.15, 0.2) is 0 Å². The van der Waals surface area contributed by atoms with Crippen LogP contribution in [0.3, 0.4) is 0 Å². The van der Waals surface area contributed by atoms with Gasteiger partial charge >= 0.3 is 5.97 Å². The number of nitrogens with zero attached hydrogens (tertiary/aromatic N) is 1. The zero-order chi connectivity index (χ0) is 21.7. The number of ether oxygens (including phenoxy) is 1. The Labute approximate surface area is 176 Å². The van der Waals surface area contributed by atoms with Crippen molar-refractivity contribution < 1.29 is 19.2 Å². The molecule has 1 aromatic heterocycles. The van der Waals surface area contributed by atoms with E-state index in [-0.39, 0.29) is 5.69 Å². The Bertz CT molecular complexity index is 1130. The highest BCUT2D eigenvalue weighted by Crippen LogP contribution is 2.36. The first-order valence-electron chi connectivity index (χ1n) is 8.89. The smallest absolute Gasteiger partial charge is 0.341 e. The number of thiophene rings is 1. The first-order chi connectivity index (χ1) is 14.4. The number of nitro groups is 1. The van der Waals surface area contributed by atoms with E-state index in [4.69, 9.17) is 4.74 Å². The zero-order valence-electron chi connectivity index (χ0n) is 16.2. The van der Waals surface area contributed by atoms with Crippen LogP contribution in [0.5, 0.6) is 0 Å². The van der Waals surface area contributed by atoms with Gasteiger partial charge < -0.3 is 10.1 Å². The van der Waals surface area contributed by atoms with Gasteiger partial charge in [0.05, 0.1) is 12.0 Å². The second kappa shape index (κ2) is 9.15. The van der Waals surface area contributed by atoms with E-state index >= 15 is 0 Å². The molecule has 0 fully saturated rings. The Morgan fingerprint density at radius 3 is 2.53 bits per heavy atom. The van der Waals surface area contributed by atoms with Crippen LogP contribution in [0.2, 0.25) is 0 Å². The van der Waals surface area contributed by atoms with Gasteiger partial charge in [-0.05, 0) is 36.3 Å². The summed E-state index contributed by atoms with van der Waals surface area (Å²) in [5, 5.41) is 15.6. The van der Waals surface area contributed by atoms with E-state index in [1.165, 1.54) is 42.7 Å². The summed E-state index contributed by atoms with van der Waals surface area (Å²) in [6.07, 6.45) is 2.83. The van der Waals surface area contributed by atoms with E-state index in [0.29, 0.717) is 21.7 Å². The summed E-state index contributed by atoms with van der Waals surface area (Å²) >= 11 is 1.23. The Morgan fingerprint density at radius 1 is 1.17 bits per heavy atom. The average Bonchev–Trinajstić information content (AvgIpc) is 3.15. The molecule has 0 saturated carbocycles. The van der Waals surface area contributed by atoms with Crippen molar-refractivity contribution in [3.05, 3.63) is 86.8 Å². The molecule has 30 heavy (non-hydrogen) atoms. The maximum Gasteiger partial charge on any atom is 0.341 e. The fraction of sp³-hybridized carbons (Fsp3) is 0.0909. The van der Waals surface area contributed by atoms with Crippen LogP contribution in [0, 0.1) is 17.0 Å². The molecule has 0 aliphatic carbocycles. The number of esters is 1. The molecule has 0 aliphatic heterocycles. The van der Waals surface area contributed by atoms with Crippen molar-refractivity contribution in [2.24, 2.45) is 0 Å². The van der Waals surface area contributed by atoms with Crippen LogP contribution in [0.25, 0.3) is 17.2 Å². The molecule has 1 N–H and O–H groups in total. The fourth-order valence-electron chi connectivity index (χ4n) is 2.81. The molecule has 2 aromatic carbocycles. The first-order valence-corrected chi connectivity index (χ1v) is 9.77. The molecule has 0 spiro atoms. The number of nitrogens with one attached hydrogen (secondary N) is 1. The number of hydrogen-bond donors (Lipinski definition) is 1. The summed E-state index contributed by atoms with van der Waals surface area (Å²) in [6.45, 7) is 1.96. The number of methoxy groups -OCH3 is 1. The molecule has 0 aliphatic rings. The summed E-state index contributed by atoms with van der Waals surface area (Å²) in [7, 11) is 1.29. The van der Waals surface area contributed by atoms with Crippen LogP contribution in [-0.2, 0) is 9.53 Å². The topological polar surface area (TPSA) is 98.5 Å². The van der Waals surface area contributed by atoms with Crippen molar-refractivity contribution in [1.82, 2.24) is 0 Å². The number of rotatable bonds is 6. The van der Waals surface area contributed by atoms with Crippen molar-refractivity contribution in [3.8, 4) is 11.1 Å². The number of anilines is 1. The molecule has 0 radical (unpaired) electrons. The van der Waals surface area contributed by atoms with Gasteiger partial charge in [0.2, 0.25) is 5.91 Å².